The smallest absolute Gasteiger partial charge is 0.261 e. The Balaban J connectivity index is 1.75. The number of halogens is 5. The predicted molar refractivity (Wildman–Crippen MR) is 106 cm³/mol. The summed E-state index contributed by atoms with van der Waals surface area (Å²) in [6.45, 7) is 0. The number of benzene rings is 3. The van der Waals surface area contributed by atoms with Gasteiger partial charge in [-0.2, -0.15) is 0 Å². The van der Waals surface area contributed by atoms with Crippen LogP contribution in [0.5, 0.6) is 5.75 Å². The molecule has 0 saturated carbocycles. The molecule has 4 nitrogen and oxygen atoms in total. The molecule has 0 saturated heterocycles. The zero-order valence-electron chi connectivity index (χ0n) is 15.6. The molecule has 1 amide bonds. The Morgan fingerprint density at radius 2 is 1.58 bits per heavy atom. The summed E-state index contributed by atoms with van der Waals surface area (Å²) in [6.07, 6.45) is 0. The molecule has 0 spiro atoms. The zero-order valence-corrected chi connectivity index (χ0v) is 16.4. The van der Waals surface area contributed by atoms with Crippen LogP contribution in [0.25, 0.3) is 20.8 Å². The molecule has 0 fully saturated rings. The van der Waals surface area contributed by atoms with Crippen molar-refractivity contribution in [2.45, 2.75) is 0 Å². The highest BCUT2D eigenvalue weighted by Gasteiger charge is 2.30. The number of nitrogens with one attached hydrogen (secondary N) is 1. The van der Waals surface area contributed by atoms with Crippen LogP contribution < -0.4 is 10.1 Å². The van der Waals surface area contributed by atoms with E-state index in [0.29, 0.717) is 10.6 Å². The first kappa shape index (κ1) is 20.7. The molecule has 4 rings (SSSR count). The van der Waals surface area contributed by atoms with Gasteiger partial charge in [-0.05, 0) is 30.3 Å². The lowest BCUT2D eigenvalue weighted by Gasteiger charge is -2.13. The molecule has 0 unspecified atom stereocenters. The molecule has 3 aromatic carbocycles. The molecule has 0 radical (unpaired) electrons. The lowest BCUT2D eigenvalue weighted by Crippen LogP contribution is -2.19. The van der Waals surface area contributed by atoms with Crippen molar-refractivity contribution in [2.24, 2.45) is 0 Å². The van der Waals surface area contributed by atoms with Crippen LogP contribution in [-0.2, 0) is 0 Å². The fourth-order valence-electron chi connectivity index (χ4n) is 2.92. The number of rotatable bonds is 4. The summed E-state index contributed by atoms with van der Waals surface area (Å²) >= 11 is 1.37. The molecule has 0 atom stereocenters. The number of hydrogen-bond acceptors (Lipinski definition) is 4. The number of fused-ring (bicyclic) bond motifs is 1. The van der Waals surface area contributed by atoms with E-state index >= 15 is 0 Å². The van der Waals surface area contributed by atoms with Crippen molar-refractivity contribution in [3.8, 4) is 16.3 Å². The van der Waals surface area contributed by atoms with Gasteiger partial charge in [0.25, 0.3) is 5.91 Å². The van der Waals surface area contributed by atoms with Crippen LogP contribution in [0.2, 0.25) is 0 Å². The SMILES string of the molecule is COc1ccc(-c2nc3ccccc3s2)cc1NC(=O)c1c(F)c(F)c(F)c(F)c1F. The van der Waals surface area contributed by atoms with Crippen LogP contribution in [-0.4, -0.2) is 18.0 Å². The van der Waals surface area contributed by atoms with E-state index in [1.54, 1.807) is 6.07 Å². The molecule has 31 heavy (non-hydrogen) atoms. The molecule has 1 heterocycles. The number of amides is 1. The quantitative estimate of drug-likeness (QED) is 0.239. The number of aromatic nitrogens is 1. The number of hydrogen-bond donors (Lipinski definition) is 1. The Labute approximate surface area is 175 Å². The summed E-state index contributed by atoms with van der Waals surface area (Å²) in [6, 6.07) is 12.0. The van der Waals surface area contributed by atoms with Gasteiger partial charge in [-0.25, -0.2) is 26.9 Å². The van der Waals surface area contributed by atoms with Crippen LogP contribution in [0.3, 0.4) is 0 Å². The van der Waals surface area contributed by atoms with Crippen LogP contribution in [0.15, 0.2) is 42.5 Å². The minimum Gasteiger partial charge on any atom is -0.495 e. The third-order valence-corrected chi connectivity index (χ3v) is 5.51. The lowest BCUT2D eigenvalue weighted by atomic mass is 10.1. The van der Waals surface area contributed by atoms with E-state index in [-0.39, 0.29) is 11.4 Å². The second-order valence-corrected chi connectivity index (χ2v) is 7.33. The molecule has 0 aliphatic rings. The molecule has 10 heteroatoms. The maximum atomic E-state index is 14.0. The average Bonchev–Trinajstić information content (AvgIpc) is 3.21. The Morgan fingerprint density at radius 3 is 2.23 bits per heavy atom. The minimum atomic E-state index is -2.35. The highest BCUT2D eigenvalue weighted by atomic mass is 32.1. The number of nitrogens with zero attached hydrogens (tertiary/aromatic N) is 1. The highest BCUT2D eigenvalue weighted by Crippen LogP contribution is 2.35. The van der Waals surface area contributed by atoms with Crippen LogP contribution in [0, 0.1) is 29.1 Å². The van der Waals surface area contributed by atoms with E-state index in [0.717, 1.165) is 10.2 Å². The van der Waals surface area contributed by atoms with Crippen molar-refractivity contribution in [3.63, 3.8) is 0 Å². The molecule has 0 aliphatic heterocycles. The monoisotopic (exact) mass is 450 g/mol. The van der Waals surface area contributed by atoms with E-state index in [4.69, 9.17) is 4.74 Å². The summed E-state index contributed by atoms with van der Waals surface area (Å²) in [5.74, 6) is -12.6. The first-order chi connectivity index (χ1) is 14.8. The maximum absolute atomic E-state index is 14.0. The molecular weight excluding hydrogens is 439 g/mol. The molecule has 0 aliphatic carbocycles. The first-order valence-corrected chi connectivity index (χ1v) is 9.50. The van der Waals surface area contributed by atoms with E-state index in [9.17, 15) is 26.7 Å². The predicted octanol–water partition coefficient (Wildman–Crippen LogP) is 5.92. The summed E-state index contributed by atoms with van der Waals surface area (Å²) in [7, 11) is 1.29. The fraction of sp³-hybridized carbons (Fsp3) is 0.0476. The van der Waals surface area contributed by atoms with Crippen LogP contribution >= 0.6 is 11.3 Å². The van der Waals surface area contributed by atoms with E-state index in [2.05, 4.69) is 10.3 Å². The van der Waals surface area contributed by atoms with E-state index in [1.807, 2.05) is 24.3 Å². The molecule has 1 aromatic heterocycles. The number of anilines is 1. The number of ether oxygens (including phenoxy) is 1. The Bertz CT molecular complexity index is 1280. The number of thiazole rings is 1. The number of carbonyl (C=O) groups excluding carboxylic acids is 1. The van der Waals surface area contributed by atoms with Gasteiger partial charge in [0.15, 0.2) is 23.3 Å². The highest BCUT2D eigenvalue weighted by molar-refractivity contribution is 7.21. The Morgan fingerprint density at radius 1 is 0.935 bits per heavy atom. The largest absolute Gasteiger partial charge is 0.495 e. The molecule has 158 valence electrons. The van der Waals surface area contributed by atoms with Gasteiger partial charge in [-0.15, -0.1) is 11.3 Å². The Hall–Kier alpha value is -3.53. The van der Waals surface area contributed by atoms with Crippen molar-refractivity contribution in [1.29, 1.82) is 0 Å². The second-order valence-electron chi connectivity index (χ2n) is 6.30. The average molecular weight is 450 g/mol. The van der Waals surface area contributed by atoms with Crippen LogP contribution in [0.4, 0.5) is 27.6 Å². The maximum Gasteiger partial charge on any atom is 0.261 e. The van der Waals surface area contributed by atoms with Crippen molar-refractivity contribution in [3.05, 3.63) is 77.1 Å². The zero-order chi connectivity index (χ0) is 22.3. The van der Waals surface area contributed by atoms with Gasteiger partial charge < -0.3 is 10.1 Å². The Kier molecular flexibility index (Phi) is 5.32. The van der Waals surface area contributed by atoms with Crippen molar-refractivity contribution >= 4 is 33.1 Å². The number of carbonyl (C=O) groups is 1. The van der Waals surface area contributed by atoms with Crippen molar-refractivity contribution < 1.29 is 31.5 Å². The van der Waals surface area contributed by atoms with Gasteiger partial charge in [-0.1, -0.05) is 12.1 Å². The molecular formula is C21H11F5N2O2S. The third-order valence-electron chi connectivity index (χ3n) is 4.43. The van der Waals surface area contributed by atoms with Gasteiger partial charge in [0, 0.05) is 5.56 Å². The molecule has 0 bridgehead atoms. The van der Waals surface area contributed by atoms with E-state index < -0.39 is 40.6 Å². The lowest BCUT2D eigenvalue weighted by molar-refractivity contribution is 0.101. The van der Waals surface area contributed by atoms with Gasteiger partial charge in [0.1, 0.15) is 16.3 Å². The van der Waals surface area contributed by atoms with Crippen molar-refractivity contribution in [1.82, 2.24) is 4.98 Å². The van der Waals surface area contributed by atoms with Gasteiger partial charge in [0.05, 0.1) is 23.0 Å². The normalized spacial score (nSPS) is 11.0. The summed E-state index contributed by atoms with van der Waals surface area (Å²) in [5, 5.41) is 2.75. The van der Waals surface area contributed by atoms with Gasteiger partial charge in [0.2, 0.25) is 5.82 Å². The molecule has 4 aromatic rings. The van der Waals surface area contributed by atoms with Gasteiger partial charge >= 0.3 is 0 Å². The van der Waals surface area contributed by atoms with Gasteiger partial charge in [-0.3, -0.25) is 4.79 Å². The standard InChI is InChI=1S/C21H11F5N2O2S/c1-30-12-7-6-9(21-28-10-4-2-3-5-13(10)31-21)8-11(12)27-20(29)14-15(22)17(24)19(26)18(25)16(14)23/h2-8H,1H3,(H,27,29). The van der Waals surface area contributed by atoms with E-state index in [1.165, 1.54) is 30.6 Å². The number of methoxy groups -OCH3 is 1. The first-order valence-electron chi connectivity index (χ1n) is 8.68. The summed E-state index contributed by atoms with van der Waals surface area (Å²) < 4.78 is 74.2. The summed E-state index contributed by atoms with van der Waals surface area (Å²) in [5.41, 5.74) is -0.322. The fourth-order valence-corrected chi connectivity index (χ4v) is 3.89. The van der Waals surface area contributed by atoms with Crippen molar-refractivity contribution in [2.75, 3.05) is 12.4 Å². The third kappa shape index (κ3) is 3.59. The summed E-state index contributed by atoms with van der Waals surface area (Å²) in [4.78, 5) is 16.9. The topological polar surface area (TPSA) is 51.2 Å². The second kappa shape index (κ2) is 7.95. The minimum absolute atomic E-state index is 0.0341. The van der Waals surface area contributed by atoms with Crippen LogP contribution in [0.1, 0.15) is 10.4 Å². The number of para-hydroxylation sites is 1. The molecule has 1 N–H and O–H groups in total.